The smallest absolute Gasteiger partial charge is 0.237 e. The molecule has 2 aromatic heterocycles. The maximum Gasteiger partial charge on any atom is 0.237 e. The Labute approximate surface area is 167 Å². The molecule has 0 amide bonds. The molecule has 0 saturated carbocycles. The second-order valence-electron chi connectivity index (χ2n) is 5.88. The van der Waals surface area contributed by atoms with Crippen LogP contribution in [-0.4, -0.2) is 26.9 Å². The Morgan fingerprint density at radius 2 is 1.71 bits per heavy atom. The van der Waals surface area contributed by atoms with Gasteiger partial charge in [-0.1, -0.05) is 47.3 Å². The summed E-state index contributed by atoms with van der Waals surface area (Å²) in [5, 5.41) is 13.4. The quantitative estimate of drug-likeness (QED) is 0.416. The summed E-state index contributed by atoms with van der Waals surface area (Å²) < 4.78 is 10.8. The Bertz CT molecular complexity index is 1020. The van der Waals surface area contributed by atoms with Crippen LogP contribution in [0.25, 0.3) is 22.6 Å². The van der Waals surface area contributed by atoms with E-state index in [0.29, 0.717) is 24.1 Å². The van der Waals surface area contributed by atoms with E-state index >= 15 is 0 Å². The van der Waals surface area contributed by atoms with Crippen LogP contribution in [0, 0.1) is 0 Å². The fourth-order valence-electron chi connectivity index (χ4n) is 2.59. The van der Waals surface area contributed by atoms with Crippen LogP contribution in [0.3, 0.4) is 0 Å². The van der Waals surface area contributed by atoms with Gasteiger partial charge < -0.3 is 9.26 Å². The van der Waals surface area contributed by atoms with Crippen molar-refractivity contribution in [2.75, 3.05) is 6.61 Å². The number of thioether (sulfide) groups is 1. The first-order chi connectivity index (χ1) is 13.8. The van der Waals surface area contributed by atoms with Gasteiger partial charge in [0.2, 0.25) is 11.7 Å². The van der Waals surface area contributed by atoms with E-state index in [9.17, 15) is 0 Å². The number of hydrogen-bond acceptors (Lipinski definition) is 7. The highest BCUT2D eigenvalue weighted by molar-refractivity contribution is 7.98. The maximum absolute atomic E-state index is 5.46. The van der Waals surface area contributed by atoms with Crippen LogP contribution in [0.5, 0.6) is 5.75 Å². The van der Waals surface area contributed by atoms with Gasteiger partial charge in [-0.15, -0.1) is 10.2 Å². The third-order valence-corrected chi connectivity index (χ3v) is 4.85. The molecule has 0 unspecified atom stereocenters. The molecule has 0 fully saturated rings. The molecule has 6 nitrogen and oxygen atoms in total. The molecule has 0 aliphatic heterocycles. The zero-order valence-corrected chi connectivity index (χ0v) is 16.1. The van der Waals surface area contributed by atoms with Crippen molar-refractivity contribution < 1.29 is 9.26 Å². The molecular weight excluding hydrogens is 372 g/mol. The van der Waals surface area contributed by atoms with Crippen LogP contribution in [0.2, 0.25) is 0 Å². The summed E-state index contributed by atoms with van der Waals surface area (Å²) in [7, 11) is 0. The molecule has 2 heterocycles. The summed E-state index contributed by atoms with van der Waals surface area (Å²) in [6.45, 7) is 2.62. The van der Waals surface area contributed by atoms with Crippen molar-refractivity contribution >= 4 is 11.8 Å². The van der Waals surface area contributed by atoms with Crippen molar-refractivity contribution in [3.05, 3.63) is 72.6 Å². The average molecular weight is 390 g/mol. The highest BCUT2D eigenvalue weighted by atomic mass is 32.2. The molecule has 4 aromatic rings. The summed E-state index contributed by atoms with van der Waals surface area (Å²) in [6.07, 6.45) is 0. The molecule has 0 radical (unpaired) electrons. The lowest BCUT2D eigenvalue weighted by Gasteiger charge is -2.04. The third kappa shape index (κ3) is 4.37. The summed E-state index contributed by atoms with van der Waals surface area (Å²) in [6, 6.07) is 21.5. The Morgan fingerprint density at radius 1 is 0.893 bits per heavy atom. The van der Waals surface area contributed by atoms with Gasteiger partial charge in [0.15, 0.2) is 0 Å². The van der Waals surface area contributed by atoms with Gasteiger partial charge in [0.05, 0.1) is 18.1 Å². The summed E-state index contributed by atoms with van der Waals surface area (Å²) in [5.41, 5.74) is 2.75. The van der Waals surface area contributed by atoms with Gasteiger partial charge in [0.25, 0.3) is 0 Å². The zero-order valence-electron chi connectivity index (χ0n) is 15.3. The van der Waals surface area contributed by atoms with Crippen LogP contribution >= 0.6 is 11.8 Å². The van der Waals surface area contributed by atoms with E-state index in [1.54, 1.807) is 0 Å². The first-order valence-electron chi connectivity index (χ1n) is 8.89. The van der Waals surface area contributed by atoms with Crippen molar-refractivity contribution in [1.82, 2.24) is 20.3 Å². The summed E-state index contributed by atoms with van der Waals surface area (Å²) in [4.78, 5) is 4.43. The molecule has 0 atom stereocenters. The normalized spacial score (nSPS) is 10.8. The SMILES string of the molecule is CCOc1ccc(-c2ccc(SCc3nc(-c4ccccc4)no3)nn2)cc1. The molecule has 0 aliphatic carbocycles. The van der Waals surface area contributed by atoms with Crippen molar-refractivity contribution in [1.29, 1.82) is 0 Å². The molecule has 7 heteroatoms. The largest absolute Gasteiger partial charge is 0.494 e. The molecule has 0 saturated heterocycles. The van der Waals surface area contributed by atoms with Crippen LogP contribution in [0.15, 0.2) is 76.3 Å². The van der Waals surface area contributed by atoms with Gasteiger partial charge in [-0.25, -0.2) is 0 Å². The summed E-state index contributed by atoms with van der Waals surface area (Å²) >= 11 is 1.51. The van der Waals surface area contributed by atoms with Crippen LogP contribution < -0.4 is 4.74 Å². The van der Waals surface area contributed by atoms with Gasteiger partial charge in [-0.2, -0.15) is 4.98 Å². The first-order valence-corrected chi connectivity index (χ1v) is 9.88. The lowest BCUT2D eigenvalue weighted by atomic mass is 10.1. The van der Waals surface area contributed by atoms with E-state index in [4.69, 9.17) is 9.26 Å². The van der Waals surface area contributed by atoms with Crippen LogP contribution in [0.1, 0.15) is 12.8 Å². The fourth-order valence-corrected chi connectivity index (χ4v) is 3.24. The number of aromatic nitrogens is 4. The van der Waals surface area contributed by atoms with E-state index in [2.05, 4.69) is 20.3 Å². The standard InChI is InChI=1S/C21H18N4O2S/c1-2-26-17-10-8-15(9-11-17)18-12-13-20(24-23-18)28-14-19-22-21(25-27-19)16-6-4-3-5-7-16/h3-13H,2,14H2,1H3. The van der Waals surface area contributed by atoms with E-state index in [1.165, 1.54) is 11.8 Å². The number of hydrogen-bond donors (Lipinski definition) is 0. The minimum Gasteiger partial charge on any atom is -0.494 e. The van der Waals surface area contributed by atoms with Gasteiger partial charge >= 0.3 is 0 Å². The van der Waals surface area contributed by atoms with Crippen molar-refractivity contribution in [3.8, 4) is 28.4 Å². The molecule has 2 aromatic carbocycles. The maximum atomic E-state index is 5.46. The molecule has 4 rings (SSSR count). The summed E-state index contributed by atoms with van der Waals surface area (Å²) in [5.74, 6) is 2.53. The van der Waals surface area contributed by atoms with Gasteiger partial charge in [-0.3, -0.25) is 0 Å². The highest BCUT2D eigenvalue weighted by Crippen LogP contribution is 2.24. The number of rotatable bonds is 7. The Hall–Kier alpha value is -3.19. The second-order valence-corrected chi connectivity index (χ2v) is 6.88. The average Bonchev–Trinajstić information content (AvgIpc) is 3.23. The molecular formula is C21H18N4O2S. The molecule has 0 bridgehead atoms. The lowest BCUT2D eigenvalue weighted by molar-refractivity contribution is 0.340. The monoisotopic (exact) mass is 390 g/mol. The fraction of sp³-hybridized carbons (Fsp3) is 0.143. The van der Waals surface area contributed by atoms with Gasteiger partial charge in [0, 0.05) is 11.1 Å². The van der Waals surface area contributed by atoms with E-state index in [1.807, 2.05) is 73.7 Å². The van der Waals surface area contributed by atoms with E-state index in [0.717, 1.165) is 27.6 Å². The Morgan fingerprint density at radius 3 is 2.43 bits per heavy atom. The molecule has 0 spiro atoms. The first kappa shape index (κ1) is 18.2. The second kappa shape index (κ2) is 8.67. The van der Waals surface area contributed by atoms with Crippen molar-refractivity contribution in [2.45, 2.75) is 17.7 Å². The Kier molecular flexibility index (Phi) is 5.63. The van der Waals surface area contributed by atoms with Crippen molar-refractivity contribution in [3.63, 3.8) is 0 Å². The number of ether oxygens (including phenoxy) is 1. The molecule has 0 N–H and O–H groups in total. The lowest BCUT2D eigenvalue weighted by Crippen LogP contribution is -1.92. The zero-order chi connectivity index (χ0) is 19.2. The highest BCUT2D eigenvalue weighted by Gasteiger charge is 2.09. The van der Waals surface area contributed by atoms with E-state index in [-0.39, 0.29) is 0 Å². The minimum absolute atomic E-state index is 0.539. The van der Waals surface area contributed by atoms with Crippen LogP contribution in [-0.2, 0) is 5.75 Å². The van der Waals surface area contributed by atoms with Crippen molar-refractivity contribution in [2.24, 2.45) is 0 Å². The predicted molar refractivity (Wildman–Crippen MR) is 108 cm³/mol. The predicted octanol–water partition coefficient (Wildman–Crippen LogP) is 4.88. The molecule has 140 valence electrons. The third-order valence-electron chi connectivity index (χ3n) is 3.94. The Balaban J connectivity index is 1.38. The number of benzene rings is 2. The van der Waals surface area contributed by atoms with Gasteiger partial charge in [-0.05, 0) is 43.3 Å². The van der Waals surface area contributed by atoms with E-state index < -0.39 is 0 Å². The molecule has 28 heavy (non-hydrogen) atoms. The topological polar surface area (TPSA) is 73.9 Å². The van der Waals surface area contributed by atoms with Crippen LogP contribution in [0.4, 0.5) is 0 Å². The van der Waals surface area contributed by atoms with Gasteiger partial charge in [0.1, 0.15) is 10.8 Å². The minimum atomic E-state index is 0.539. The molecule has 0 aliphatic rings. The number of nitrogens with zero attached hydrogens (tertiary/aromatic N) is 4.